The van der Waals surface area contributed by atoms with Crippen LogP contribution in [0.1, 0.15) is 66.3 Å². The third-order valence-corrected chi connectivity index (χ3v) is 5.37. The largest absolute Gasteiger partial charge is 0.446 e. The van der Waals surface area contributed by atoms with Crippen molar-refractivity contribution in [3.63, 3.8) is 0 Å². The van der Waals surface area contributed by atoms with E-state index in [9.17, 15) is 27.2 Å². The zero-order valence-corrected chi connectivity index (χ0v) is 15.8. The number of H-pyrrole nitrogens is 1. The maximum atomic E-state index is 14.1. The number of nitrogens with one attached hydrogen (secondary N) is 1. The second kappa shape index (κ2) is 8.06. The van der Waals surface area contributed by atoms with Crippen molar-refractivity contribution in [2.45, 2.75) is 54.8 Å². The van der Waals surface area contributed by atoms with Gasteiger partial charge >= 0.3 is 5.51 Å². The lowest BCUT2D eigenvalue weighted by atomic mass is 9.90. The van der Waals surface area contributed by atoms with Crippen molar-refractivity contribution in [1.82, 2.24) is 9.97 Å². The molecule has 0 unspecified atom stereocenters. The van der Waals surface area contributed by atoms with Crippen LogP contribution in [0.5, 0.6) is 0 Å². The van der Waals surface area contributed by atoms with Gasteiger partial charge < -0.3 is 4.98 Å². The van der Waals surface area contributed by atoms with Gasteiger partial charge in [-0.3, -0.25) is 9.59 Å². The van der Waals surface area contributed by atoms with Crippen LogP contribution in [0, 0.1) is 5.82 Å². The van der Waals surface area contributed by atoms with Gasteiger partial charge in [0.1, 0.15) is 17.3 Å². The van der Waals surface area contributed by atoms with E-state index in [0.717, 1.165) is 31.0 Å². The average molecular weight is 414 g/mol. The second-order valence-electron chi connectivity index (χ2n) is 6.76. The first kappa shape index (κ1) is 20.6. The SMILES string of the molecule is CC[C@@H](CC(=O)c1cc(=O)[nH]c(C2CC2)n1)c1ccc(SC(F)(F)F)c(F)c1. The molecule has 150 valence electrons. The highest BCUT2D eigenvalue weighted by Crippen LogP contribution is 2.39. The maximum absolute atomic E-state index is 14.1. The van der Waals surface area contributed by atoms with Gasteiger partial charge in [-0.2, -0.15) is 13.2 Å². The first-order valence-electron chi connectivity index (χ1n) is 8.86. The lowest BCUT2D eigenvalue weighted by Crippen LogP contribution is -2.17. The van der Waals surface area contributed by atoms with Crippen LogP contribution in [0.3, 0.4) is 0 Å². The van der Waals surface area contributed by atoms with Crippen molar-refractivity contribution in [1.29, 1.82) is 0 Å². The molecule has 0 bridgehead atoms. The average Bonchev–Trinajstić information content (AvgIpc) is 3.45. The molecule has 4 nitrogen and oxygen atoms in total. The van der Waals surface area contributed by atoms with E-state index in [2.05, 4.69) is 9.97 Å². The van der Waals surface area contributed by atoms with Crippen LogP contribution in [-0.4, -0.2) is 21.3 Å². The summed E-state index contributed by atoms with van der Waals surface area (Å²) >= 11 is -0.512. The molecule has 1 atom stereocenters. The van der Waals surface area contributed by atoms with E-state index in [1.165, 1.54) is 6.07 Å². The fourth-order valence-corrected chi connectivity index (χ4v) is 3.52. The summed E-state index contributed by atoms with van der Waals surface area (Å²) in [5, 5.41) is 0. The number of carbonyl (C=O) groups excluding carboxylic acids is 1. The van der Waals surface area contributed by atoms with Crippen LogP contribution in [0.4, 0.5) is 17.6 Å². The Hall–Kier alpha value is -2.16. The van der Waals surface area contributed by atoms with E-state index >= 15 is 0 Å². The molecule has 0 spiro atoms. The first-order chi connectivity index (χ1) is 13.2. The minimum Gasteiger partial charge on any atom is -0.310 e. The van der Waals surface area contributed by atoms with Crippen LogP contribution >= 0.6 is 11.8 Å². The molecule has 1 fully saturated rings. The minimum absolute atomic E-state index is 0.0116. The zero-order valence-electron chi connectivity index (χ0n) is 15.0. The lowest BCUT2D eigenvalue weighted by Gasteiger charge is -2.16. The van der Waals surface area contributed by atoms with Crippen LogP contribution in [-0.2, 0) is 0 Å². The fraction of sp³-hybridized carbons (Fsp3) is 0.421. The van der Waals surface area contributed by atoms with Gasteiger partial charge in [-0.1, -0.05) is 13.0 Å². The van der Waals surface area contributed by atoms with Gasteiger partial charge in [0, 0.05) is 18.4 Å². The van der Waals surface area contributed by atoms with E-state index in [4.69, 9.17) is 0 Å². The summed E-state index contributed by atoms with van der Waals surface area (Å²) in [4.78, 5) is 30.8. The second-order valence-corrected chi connectivity index (χ2v) is 7.87. The highest BCUT2D eigenvalue weighted by Gasteiger charge is 2.31. The molecule has 1 saturated carbocycles. The van der Waals surface area contributed by atoms with E-state index in [1.54, 1.807) is 6.92 Å². The molecule has 1 N–H and O–H groups in total. The van der Waals surface area contributed by atoms with Gasteiger partial charge in [0.15, 0.2) is 5.78 Å². The summed E-state index contributed by atoms with van der Waals surface area (Å²) in [6, 6.07) is 4.66. The van der Waals surface area contributed by atoms with E-state index in [0.29, 0.717) is 17.8 Å². The molecular weight excluding hydrogens is 396 g/mol. The molecule has 1 aliphatic carbocycles. The Morgan fingerprint density at radius 3 is 2.61 bits per heavy atom. The quantitative estimate of drug-likeness (QED) is 0.386. The summed E-state index contributed by atoms with van der Waals surface area (Å²) in [7, 11) is 0. The van der Waals surface area contributed by atoms with Gasteiger partial charge in [-0.05, 0) is 54.6 Å². The summed E-state index contributed by atoms with van der Waals surface area (Å²) in [6.45, 7) is 1.80. The van der Waals surface area contributed by atoms with Gasteiger partial charge in [-0.25, -0.2) is 9.37 Å². The molecule has 0 amide bonds. The van der Waals surface area contributed by atoms with Crippen molar-refractivity contribution in [3.8, 4) is 0 Å². The van der Waals surface area contributed by atoms with Gasteiger partial charge in [-0.15, -0.1) is 0 Å². The van der Waals surface area contributed by atoms with Crippen molar-refractivity contribution in [2.24, 2.45) is 0 Å². The third kappa shape index (κ3) is 5.21. The van der Waals surface area contributed by atoms with Crippen molar-refractivity contribution >= 4 is 17.5 Å². The number of benzene rings is 1. The first-order valence-corrected chi connectivity index (χ1v) is 9.67. The Kier molecular flexibility index (Phi) is 5.92. The number of Topliss-reactive ketones (excluding diaryl/α,β-unsaturated/α-hetero) is 1. The maximum Gasteiger partial charge on any atom is 0.446 e. The number of hydrogen-bond acceptors (Lipinski definition) is 4. The van der Waals surface area contributed by atoms with Crippen LogP contribution in [0.2, 0.25) is 0 Å². The molecule has 3 rings (SSSR count). The minimum atomic E-state index is -4.58. The molecule has 1 aromatic carbocycles. The number of ketones is 1. The normalized spacial score (nSPS) is 15.5. The predicted molar refractivity (Wildman–Crippen MR) is 97.1 cm³/mol. The summed E-state index contributed by atoms with van der Waals surface area (Å²) in [5.41, 5.74) is -4.47. The van der Waals surface area contributed by atoms with Gasteiger partial charge in [0.25, 0.3) is 5.56 Å². The number of carbonyl (C=O) groups is 1. The number of hydrogen-bond donors (Lipinski definition) is 1. The standard InChI is InChI=1S/C19H18F4N2O2S/c1-2-10(12-5-6-16(13(20)7-12)28-19(21,22)23)8-15(26)14-9-17(27)25-18(24-14)11-3-4-11/h5-7,9-11H,2-4,8H2,1H3,(H,24,25,27)/t10-/m0/s1. The van der Waals surface area contributed by atoms with E-state index < -0.39 is 39.5 Å². The van der Waals surface area contributed by atoms with Crippen molar-refractivity contribution in [3.05, 3.63) is 57.5 Å². The van der Waals surface area contributed by atoms with Crippen LogP contribution in [0.15, 0.2) is 34.0 Å². The van der Waals surface area contributed by atoms with Crippen molar-refractivity contribution in [2.75, 3.05) is 0 Å². The summed E-state index contributed by atoms with van der Waals surface area (Å²) < 4.78 is 51.4. The number of halogens is 4. The summed E-state index contributed by atoms with van der Waals surface area (Å²) in [5.74, 6) is -1.04. The third-order valence-electron chi connectivity index (χ3n) is 4.59. The molecule has 1 aliphatic rings. The molecule has 2 aromatic rings. The molecular formula is C19H18F4N2O2S. The monoisotopic (exact) mass is 414 g/mol. The number of thioether (sulfide) groups is 1. The highest BCUT2D eigenvalue weighted by atomic mass is 32.2. The Labute approximate surface area is 162 Å². The van der Waals surface area contributed by atoms with Crippen LogP contribution < -0.4 is 5.56 Å². The zero-order chi connectivity index (χ0) is 20.5. The smallest absolute Gasteiger partial charge is 0.310 e. The molecule has 9 heteroatoms. The molecule has 1 aromatic heterocycles. The van der Waals surface area contributed by atoms with E-state index in [-0.39, 0.29) is 23.8 Å². The summed E-state index contributed by atoms with van der Waals surface area (Å²) in [6.07, 6.45) is 2.30. The Bertz CT molecular complexity index is 938. The molecule has 0 radical (unpaired) electrons. The fourth-order valence-electron chi connectivity index (χ4n) is 2.97. The van der Waals surface area contributed by atoms with Gasteiger partial charge in [0.2, 0.25) is 0 Å². The number of aromatic amines is 1. The highest BCUT2D eigenvalue weighted by molar-refractivity contribution is 8.00. The van der Waals surface area contributed by atoms with Crippen LogP contribution in [0.25, 0.3) is 0 Å². The number of aromatic nitrogens is 2. The number of alkyl halides is 3. The molecule has 0 saturated heterocycles. The van der Waals surface area contributed by atoms with Gasteiger partial charge in [0.05, 0.1) is 4.90 Å². The Morgan fingerprint density at radius 2 is 2.04 bits per heavy atom. The Morgan fingerprint density at radius 1 is 1.32 bits per heavy atom. The number of nitrogens with zero attached hydrogens (tertiary/aromatic N) is 1. The number of rotatable bonds is 7. The van der Waals surface area contributed by atoms with E-state index in [1.807, 2.05) is 0 Å². The predicted octanol–water partition coefficient (Wildman–Crippen LogP) is 5.16. The lowest BCUT2D eigenvalue weighted by molar-refractivity contribution is -0.0329. The molecule has 1 heterocycles. The van der Waals surface area contributed by atoms with Crippen molar-refractivity contribution < 1.29 is 22.4 Å². The molecule has 0 aliphatic heterocycles. The Balaban J connectivity index is 1.78. The topological polar surface area (TPSA) is 62.8 Å². The molecule has 28 heavy (non-hydrogen) atoms.